The molecule has 462 valence electrons. The van der Waals surface area contributed by atoms with E-state index in [9.17, 15) is 14.7 Å². The molecular formula is C73H94N8O5S. The minimum Gasteiger partial charge on any atom is -0.496 e. The van der Waals surface area contributed by atoms with Gasteiger partial charge in [0.05, 0.1) is 49.8 Å². The summed E-state index contributed by atoms with van der Waals surface area (Å²) in [6, 6.07) is 22.5. The van der Waals surface area contributed by atoms with Gasteiger partial charge in [-0.3, -0.25) is 24.1 Å². The molecule has 9 aliphatic rings. The third-order valence-electron chi connectivity index (χ3n) is 23.2. The normalized spacial score (nSPS) is 26.8. The van der Waals surface area contributed by atoms with Crippen LogP contribution >= 0.6 is 11.8 Å². The lowest BCUT2D eigenvalue weighted by Crippen LogP contribution is -2.52. The number of fused-ring (bicyclic) bond motifs is 6. The maximum atomic E-state index is 14.8. The number of thioether (sulfide) groups is 1. The molecule has 1 aliphatic heterocycles. The van der Waals surface area contributed by atoms with Crippen molar-refractivity contribution >= 4 is 35.2 Å². The van der Waals surface area contributed by atoms with Gasteiger partial charge in [0.2, 0.25) is 11.8 Å². The van der Waals surface area contributed by atoms with E-state index in [1.165, 1.54) is 40.2 Å². The number of pyridine rings is 2. The molecular weight excluding hydrogens is 1100 g/mol. The highest BCUT2D eigenvalue weighted by atomic mass is 32.2. The highest BCUT2D eigenvalue weighted by Gasteiger charge is 2.53. The minimum atomic E-state index is -0.329. The number of aliphatic hydroxyl groups is 1. The van der Waals surface area contributed by atoms with Crippen molar-refractivity contribution in [1.29, 1.82) is 0 Å². The molecule has 0 atom stereocenters. The number of carbonyl (C=O) groups excluding carboxylic acids is 2. The standard InChI is InChI=1S/C73H94N8O5S/c1-51-41-57(13-17-62(51)85-5)72-29-26-71(27-30-72,28-31-72)49-80(68(84)54-11-15-61(82)16-12-54)66-44-60(20-37-75-66)78-47-64(76-50-78)69(3,4)35-38-86-63-18-14-58(42-52(63)2)73-32-23-70(24-33-73,25-34-73)48-79(67(83)53-9-7-6-8-10-53)65-43-55(19-36-74-65)56-45-77-81(46-56)59-21-39-87-40-22-59/h13-14,17-20,36-37,41-47,50,53-54,59,61,82H,6-12,15-16,21-35,38-40,48-49H2,1-5H3. The number of aryl methyl sites for hydroxylation is 2. The van der Waals surface area contributed by atoms with Crippen molar-refractivity contribution in [2.75, 3.05) is 48.1 Å². The summed E-state index contributed by atoms with van der Waals surface area (Å²) in [6.45, 7) is 10.8. The average molecular weight is 1200 g/mol. The number of ether oxygens (including phenoxy) is 2. The second-order valence-corrected chi connectivity index (χ2v) is 30.1. The van der Waals surface area contributed by atoms with Crippen LogP contribution in [0.2, 0.25) is 0 Å². The quantitative estimate of drug-likeness (QED) is 0.0833. The van der Waals surface area contributed by atoms with E-state index in [-0.39, 0.29) is 56.8 Å². The van der Waals surface area contributed by atoms with E-state index in [2.05, 4.69) is 109 Å². The van der Waals surface area contributed by atoms with Gasteiger partial charge in [-0.15, -0.1) is 0 Å². The lowest BCUT2D eigenvalue weighted by molar-refractivity contribution is -0.125. The van der Waals surface area contributed by atoms with Gasteiger partial charge >= 0.3 is 0 Å². The molecule has 4 bridgehead atoms. The fraction of sp³-hybridized carbons (Fsp3) is 0.589. The third-order valence-corrected chi connectivity index (χ3v) is 24.3. The third kappa shape index (κ3) is 12.3. The average Bonchev–Trinajstić information content (AvgIpc) is 1.42. The number of aromatic nitrogens is 6. The van der Waals surface area contributed by atoms with Crippen LogP contribution in [0.3, 0.4) is 0 Å². The molecule has 0 radical (unpaired) electrons. The zero-order valence-corrected chi connectivity index (χ0v) is 53.4. The molecule has 2 aromatic carbocycles. The molecule has 8 aliphatic carbocycles. The first-order valence-electron chi connectivity index (χ1n) is 33.4. The molecule has 13 nitrogen and oxygen atoms in total. The molecule has 6 aromatic rings. The summed E-state index contributed by atoms with van der Waals surface area (Å²) in [6.07, 6.45) is 36.2. The van der Waals surface area contributed by atoms with Gasteiger partial charge in [-0.05, 0) is 240 Å². The van der Waals surface area contributed by atoms with Gasteiger partial charge in [0, 0.05) is 66.8 Å². The molecule has 87 heavy (non-hydrogen) atoms. The topological polar surface area (TPSA) is 141 Å². The van der Waals surface area contributed by atoms with E-state index in [4.69, 9.17) is 29.5 Å². The summed E-state index contributed by atoms with van der Waals surface area (Å²) in [5, 5.41) is 15.3. The van der Waals surface area contributed by atoms with Gasteiger partial charge in [0.1, 0.15) is 23.1 Å². The lowest BCUT2D eigenvalue weighted by Gasteiger charge is -2.55. The van der Waals surface area contributed by atoms with Crippen molar-refractivity contribution in [2.45, 2.75) is 210 Å². The van der Waals surface area contributed by atoms with Crippen LogP contribution in [0, 0.1) is 36.5 Å². The van der Waals surface area contributed by atoms with Gasteiger partial charge < -0.3 is 19.1 Å². The Bertz CT molecular complexity index is 3370. The Morgan fingerprint density at radius 3 is 1.79 bits per heavy atom. The highest BCUT2D eigenvalue weighted by molar-refractivity contribution is 7.99. The number of imidazole rings is 1. The fourth-order valence-electron chi connectivity index (χ4n) is 17.0. The van der Waals surface area contributed by atoms with Gasteiger partial charge in [0.25, 0.3) is 0 Å². The molecule has 14 heteroatoms. The van der Waals surface area contributed by atoms with Crippen molar-refractivity contribution in [3.05, 3.63) is 126 Å². The Kier molecular flexibility index (Phi) is 17.1. The molecule has 4 aromatic heterocycles. The number of rotatable bonds is 19. The van der Waals surface area contributed by atoms with Gasteiger partial charge in [-0.1, -0.05) is 57.4 Å². The van der Waals surface area contributed by atoms with Crippen LogP contribution in [-0.2, 0) is 25.8 Å². The molecule has 2 amide bonds. The summed E-state index contributed by atoms with van der Waals surface area (Å²) in [4.78, 5) is 48.6. The van der Waals surface area contributed by atoms with Crippen molar-refractivity contribution in [3.63, 3.8) is 0 Å². The monoisotopic (exact) mass is 1190 g/mol. The van der Waals surface area contributed by atoms with Crippen LogP contribution in [-0.4, -0.2) is 90.6 Å². The number of amides is 2. The largest absolute Gasteiger partial charge is 0.496 e. The van der Waals surface area contributed by atoms with E-state index in [1.54, 1.807) is 7.11 Å². The maximum absolute atomic E-state index is 14.8. The number of hydrogen-bond donors (Lipinski definition) is 1. The second kappa shape index (κ2) is 24.8. The van der Waals surface area contributed by atoms with E-state index < -0.39 is 0 Å². The van der Waals surface area contributed by atoms with Gasteiger partial charge in [-0.2, -0.15) is 16.9 Å². The summed E-state index contributed by atoms with van der Waals surface area (Å²) in [7, 11) is 1.74. The molecule has 15 rings (SSSR count). The van der Waals surface area contributed by atoms with Crippen molar-refractivity contribution < 1.29 is 24.2 Å². The smallest absolute Gasteiger partial charge is 0.231 e. The van der Waals surface area contributed by atoms with E-state index >= 15 is 0 Å². The van der Waals surface area contributed by atoms with E-state index in [0.717, 1.165) is 168 Å². The van der Waals surface area contributed by atoms with Crippen LogP contribution in [0.4, 0.5) is 11.6 Å². The Balaban J connectivity index is 0.645. The maximum Gasteiger partial charge on any atom is 0.231 e. The number of hydrogen-bond acceptors (Lipinski definition) is 10. The number of methoxy groups -OCH3 is 1. The van der Waals surface area contributed by atoms with E-state index in [1.807, 2.05) is 47.6 Å². The van der Waals surface area contributed by atoms with E-state index in [0.29, 0.717) is 50.7 Å². The number of anilines is 2. The minimum absolute atomic E-state index is 0.0357. The first-order chi connectivity index (χ1) is 42.1. The first kappa shape index (κ1) is 59.9. The van der Waals surface area contributed by atoms with Gasteiger partial charge in [-0.25, -0.2) is 15.0 Å². The number of aliphatic hydroxyl groups excluding tert-OH is 1. The van der Waals surface area contributed by atoms with Crippen LogP contribution in [0.15, 0.2) is 98.0 Å². The molecule has 5 heterocycles. The van der Waals surface area contributed by atoms with Crippen LogP contribution in [0.5, 0.6) is 11.5 Å². The summed E-state index contributed by atoms with van der Waals surface area (Å²) in [5.41, 5.74) is 9.47. The number of nitrogens with zero attached hydrogens (tertiary/aromatic N) is 8. The molecule has 1 saturated heterocycles. The van der Waals surface area contributed by atoms with Crippen LogP contribution in [0.25, 0.3) is 16.8 Å². The van der Waals surface area contributed by atoms with Crippen LogP contribution < -0.4 is 19.3 Å². The fourth-order valence-corrected chi connectivity index (χ4v) is 18.1. The summed E-state index contributed by atoms with van der Waals surface area (Å²) < 4.78 is 16.5. The van der Waals surface area contributed by atoms with Gasteiger partial charge in [0.15, 0.2) is 0 Å². The van der Waals surface area contributed by atoms with Crippen molar-refractivity contribution in [3.8, 4) is 28.3 Å². The second-order valence-electron chi connectivity index (χ2n) is 28.9. The Morgan fingerprint density at radius 2 is 1.21 bits per heavy atom. The van der Waals surface area contributed by atoms with Crippen LogP contribution in [0.1, 0.15) is 202 Å². The Hall–Kier alpha value is -5.99. The SMILES string of the molecule is COc1ccc(C23CCC(CN(C(=O)C4CCC(O)CC4)c4cc(-n5cnc(C(C)(C)CCOc6ccc(C78CCC(CN(C(=O)C9CCCCC9)c9cc(-c%10cnn(C%11CCSCC%11)c%10)ccn9)(CC7)CC8)cc6C)c5)ccn4)(CC2)CC3)cc1C. The molecule has 8 saturated carbocycles. The van der Waals surface area contributed by atoms with Crippen molar-refractivity contribution in [2.24, 2.45) is 22.7 Å². The summed E-state index contributed by atoms with van der Waals surface area (Å²) in [5.74, 6) is 6.11. The highest BCUT2D eigenvalue weighted by Crippen LogP contribution is 2.60. The number of benzene rings is 2. The molecule has 9 fully saturated rings. The van der Waals surface area contributed by atoms with Crippen molar-refractivity contribution in [1.82, 2.24) is 29.3 Å². The zero-order valence-electron chi connectivity index (χ0n) is 52.6. The number of carbonyl (C=O) groups is 2. The molecule has 0 unspecified atom stereocenters. The molecule has 0 spiro atoms. The zero-order chi connectivity index (χ0) is 60.0. The summed E-state index contributed by atoms with van der Waals surface area (Å²) >= 11 is 2.04. The Morgan fingerprint density at radius 1 is 0.644 bits per heavy atom. The first-order valence-corrected chi connectivity index (χ1v) is 34.6. The predicted molar refractivity (Wildman–Crippen MR) is 347 cm³/mol. The lowest BCUT2D eigenvalue weighted by atomic mass is 9.51. The Labute approximate surface area is 521 Å². The predicted octanol–water partition coefficient (Wildman–Crippen LogP) is 15.3. The molecule has 1 N–H and O–H groups in total.